The zero-order valence-electron chi connectivity index (χ0n) is 16.2. The highest BCUT2D eigenvalue weighted by atomic mass is 32.2. The van der Waals surface area contributed by atoms with Crippen molar-refractivity contribution in [3.05, 3.63) is 28.7 Å². The van der Waals surface area contributed by atoms with Crippen LogP contribution in [-0.4, -0.2) is 59.3 Å². The Hall–Kier alpha value is -2.27. The summed E-state index contributed by atoms with van der Waals surface area (Å²) in [5, 5.41) is 10.8. The summed E-state index contributed by atoms with van der Waals surface area (Å²) in [6.07, 6.45) is 2.36. The highest BCUT2D eigenvalue weighted by Gasteiger charge is 2.59. The van der Waals surface area contributed by atoms with E-state index in [1.807, 2.05) is 0 Å². The summed E-state index contributed by atoms with van der Waals surface area (Å²) < 4.78 is 36.2. The molecule has 0 radical (unpaired) electrons. The molecule has 0 aromatic carbocycles. The number of hydrogen-bond acceptors (Lipinski definition) is 8. The third-order valence-electron chi connectivity index (χ3n) is 5.86. The number of aromatic nitrogens is 3. The Balaban J connectivity index is 1.60. The lowest BCUT2D eigenvalue weighted by Crippen LogP contribution is -2.39. The predicted octanol–water partition coefficient (Wildman–Crippen LogP) is 0.704. The molecule has 1 N–H and O–H groups in total. The number of sulfonamides is 1. The van der Waals surface area contributed by atoms with E-state index in [1.165, 1.54) is 10.6 Å². The van der Waals surface area contributed by atoms with E-state index >= 15 is 0 Å². The van der Waals surface area contributed by atoms with Gasteiger partial charge in [-0.25, -0.2) is 12.7 Å². The standard InChI is InChI=1S/C17H23N5O5S/c1-9-14(10(2)26-20-9)15(23)19-13-5-12-7-22(28(4,24)25)8-17(12,6-13)16-18-11(3)21-27-16/h12-13H,5-8H2,1-4H3,(H,19,23)/t12-,13+,17-/m0/s1. The van der Waals surface area contributed by atoms with Crippen LogP contribution in [0.5, 0.6) is 0 Å². The summed E-state index contributed by atoms with van der Waals surface area (Å²) in [6, 6.07) is -0.139. The van der Waals surface area contributed by atoms with Crippen LogP contribution in [0, 0.1) is 26.7 Å². The molecule has 3 atom stereocenters. The van der Waals surface area contributed by atoms with Gasteiger partial charge in [0.1, 0.15) is 11.3 Å². The molecule has 1 aliphatic carbocycles. The van der Waals surface area contributed by atoms with Gasteiger partial charge in [0, 0.05) is 19.1 Å². The van der Waals surface area contributed by atoms with Crippen molar-refractivity contribution in [3.8, 4) is 0 Å². The smallest absolute Gasteiger partial charge is 0.257 e. The Bertz CT molecular complexity index is 1010. The van der Waals surface area contributed by atoms with Gasteiger partial charge in [-0.3, -0.25) is 4.79 Å². The van der Waals surface area contributed by atoms with Crippen LogP contribution in [0.3, 0.4) is 0 Å². The second-order valence-corrected chi connectivity index (χ2v) is 9.85. The van der Waals surface area contributed by atoms with E-state index in [-0.39, 0.29) is 24.4 Å². The van der Waals surface area contributed by atoms with Gasteiger partial charge in [-0.1, -0.05) is 10.3 Å². The van der Waals surface area contributed by atoms with E-state index < -0.39 is 15.4 Å². The molecule has 152 valence electrons. The van der Waals surface area contributed by atoms with Crippen LogP contribution >= 0.6 is 0 Å². The van der Waals surface area contributed by atoms with Gasteiger partial charge < -0.3 is 14.4 Å². The number of carbonyl (C=O) groups is 1. The normalized spacial score (nSPS) is 27.9. The van der Waals surface area contributed by atoms with E-state index in [0.29, 0.717) is 48.1 Å². The fourth-order valence-corrected chi connectivity index (χ4v) is 5.50. The minimum Gasteiger partial charge on any atom is -0.361 e. The topological polar surface area (TPSA) is 131 Å². The number of nitrogens with zero attached hydrogens (tertiary/aromatic N) is 4. The van der Waals surface area contributed by atoms with Crippen LogP contribution in [0.4, 0.5) is 0 Å². The van der Waals surface area contributed by atoms with E-state index in [0.717, 1.165) is 0 Å². The van der Waals surface area contributed by atoms with Gasteiger partial charge in [-0.2, -0.15) is 4.98 Å². The summed E-state index contributed by atoms with van der Waals surface area (Å²) in [7, 11) is -3.34. The second-order valence-electron chi connectivity index (χ2n) is 7.86. The molecule has 2 aliphatic rings. The van der Waals surface area contributed by atoms with Crippen molar-refractivity contribution in [2.45, 2.75) is 45.1 Å². The van der Waals surface area contributed by atoms with Gasteiger partial charge in [-0.05, 0) is 39.5 Å². The summed E-state index contributed by atoms with van der Waals surface area (Å²) in [5.41, 5.74) is 0.386. The van der Waals surface area contributed by atoms with Gasteiger partial charge in [0.2, 0.25) is 15.9 Å². The molecule has 0 spiro atoms. The molecule has 1 saturated heterocycles. The maximum Gasteiger partial charge on any atom is 0.257 e. The van der Waals surface area contributed by atoms with E-state index in [4.69, 9.17) is 9.05 Å². The molecule has 3 heterocycles. The molecule has 2 aromatic heterocycles. The predicted molar refractivity (Wildman–Crippen MR) is 97.1 cm³/mol. The first-order valence-corrected chi connectivity index (χ1v) is 10.9. The minimum atomic E-state index is -3.34. The van der Waals surface area contributed by atoms with Gasteiger partial charge in [0.25, 0.3) is 5.91 Å². The molecule has 1 aliphatic heterocycles. The SMILES string of the molecule is Cc1noc([C@]23C[C@H](NC(=O)c4c(C)noc4C)C[C@H]2CN(S(C)(=O)=O)C3)n1. The molecule has 28 heavy (non-hydrogen) atoms. The molecular weight excluding hydrogens is 386 g/mol. The fraction of sp³-hybridized carbons (Fsp3) is 0.647. The number of rotatable bonds is 4. The highest BCUT2D eigenvalue weighted by molar-refractivity contribution is 7.88. The van der Waals surface area contributed by atoms with Gasteiger partial charge >= 0.3 is 0 Å². The zero-order chi connectivity index (χ0) is 20.3. The number of amides is 1. The fourth-order valence-electron chi connectivity index (χ4n) is 4.58. The lowest BCUT2D eigenvalue weighted by molar-refractivity contribution is 0.0932. The molecule has 11 heteroatoms. The number of hydrogen-bond donors (Lipinski definition) is 1. The van der Waals surface area contributed by atoms with Gasteiger partial charge in [-0.15, -0.1) is 0 Å². The number of fused-ring (bicyclic) bond motifs is 1. The van der Waals surface area contributed by atoms with Crippen LogP contribution in [0.1, 0.15) is 46.4 Å². The molecule has 1 saturated carbocycles. The Morgan fingerprint density at radius 2 is 2.00 bits per heavy atom. The van der Waals surface area contributed by atoms with Crippen molar-refractivity contribution in [2.24, 2.45) is 5.92 Å². The summed E-state index contributed by atoms with van der Waals surface area (Å²) in [4.78, 5) is 17.1. The van der Waals surface area contributed by atoms with Crippen molar-refractivity contribution >= 4 is 15.9 Å². The first-order valence-electron chi connectivity index (χ1n) is 9.10. The summed E-state index contributed by atoms with van der Waals surface area (Å²) >= 11 is 0. The lowest BCUT2D eigenvalue weighted by atomic mass is 9.80. The number of nitrogens with one attached hydrogen (secondary N) is 1. The second kappa shape index (κ2) is 6.38. The largest absolute Gasteiger partial charge is 0.361 e. The first kappa shape index (κ1) is 19.1. The highest BCUT2D eigenvalue weighted by Crippen LogP contribution is 2.50. The average molecular weight is 409 g/mol. The van der Waals surface area contributed by atoms with Crippen LogP contribution in [0.2, 0.25) is 0 Å². The van der Waals surface area contributed by atoms with E-state index in [9.17, 15) is 13.2 Å². The maximum absolute atomic E-state index is 12.7. The quantitative estimate of drug-likeness (QED) is 0.781. The van der Waals surface area contributed by atoms with Crippen LogP contribution in [0.15, 0.2) is 9.05 Å². The van der Waals surface area contributed by atoms with Gasteiger partial charge in [0.15, 0.2) is 5.82 Å². The van der Waals surface area contributed by atoms with Crippen LogP contribution in [0.25, 0.3) is 0 Å². The molecule has 0 bridgehead atoms. The van der Waals surface area contributed by atoms with Crippen molar-refractivity contribution in [2.75, 3.05) is 19.3 Å². The van der Waals surface area contributed by atoms with Crippen molar-refractivity contribution < 1.29 is 22.3 Å². The maximum atomic E-state index is 12.7. The van der Waals surface area contributed by atoms with Crippen molar-refractivity contribution in [1.29, 1.82) is 0 Å². The van der Waals surface area contributed by atoms with Crippen molar-refractivity contribution in [1.82, 2.24) is 24.9 Å². The van der Waals surface area contributed by atoms with Gasteiger partial charge in [0.05, 0.1) is 17.4 Å². The van der Waals surface area contributed by atoms with E-state index in [2.05, 4.69) is 20.6 Å². The Labute approximate surface area is 162 Å². The monoisotopic (exact) mass is 409 g/mol. The van der Waals surface area contributed by atoms with Crippen LogP contribution < -0.4 is 5.32 Å². The van der Waals surface area contributed by atoms with Crippen molar-refractivity contribution in [3.63, 3.8) is 0 Å². The average Bonchev–Trinajstić information content (AvgIpc) is 3.30. The molecule has 2 aromatic rings. The van der Waals surface area contributed by atoms with E-state index in [1.54, 1.807) is 20.8 Å². The Morgan fingerprint density at radius 3 is 2.57 bits per heavy atom. The number of carbonyl (C=O) groups excluding carboxylic acids is 1. The third-order valence-corrected chi connectivity index (χ3v) is 7.08. The summed E-state index contributed by atoms with van der Waals surface area (Å²) in [6.45, 7) is 5.80. The summed E-state index contributed by atoms with van der Waals surface area (Å²) in [5.74, 6) is 1.16. The molecular formula is C17H23N5O5S. The molecule has 1 amide bonds. The molecule has 2 fully saturated rings. The Morgan fingerprint density at radius 1 is 1.25 bits per heavy atom. The first-order chi connectivity index (χ1) is 13.1. The molecule has 0 unspecified atom stereocenters. The minimum absolute atomic E-state index is 0.0166. The number of aryl methyl sites for hydroxylation is 3. The van der Waals surface area contributed by atoms with Crippen LogP contribution in [-0.2, 0) is 15.4 Å². The zero-order valence-corrected chi connectivity index (χ0v) is 17.0. The Kier molecular flexibility index (Phi) is 4.34. The molecule has 4 rings (SSSR count). The third kappa shape index (κ3) is 3.02. The lowest BCUT2D eigenvalue weighted by Gasteiger charge is -2.24. The molecule has 10 nitrogen and oxygen atoms in total.